The highest BCUT2D eigenvalue weighted by molar-refractivity contribution is 7.08. The Bertz CT molecular complexity index is 939. The zero-order chi connectivity index (χ0) is 19.7. The summed E-state index contributed by atoms with van der Waals surface area (Å²) in [6, 6.07) is 2.85. The third kappa shape index (κ3) is 4.13. The number of alkyl halides is 3. The highest BCUT2D eigenvalue weighted by Gasteiger charge is 2.32. The van der Waals surface area contributed by atoms with E-state index in [0.29, 0.717) is 50.3 Å². The summed E-state index contributed by atoms with van der Waals surface area (Å²) in [5, 5.41) is 7.89. The van der Waals surface area contributed by atoms with Crippen LogP contribution in [-0.4, -0.2) is 46.2 Å². The Balaban J connectivity index is 1.36. The molecule has 3 aromatic rings. The Hall–Kier alpha value is -2.17. The number of nitrogens with zero attached hydrogens (tertiary/aromatic N) is 5. The lowest BCUT2D eigenvalue weighted by molar-refractivity contribution is -0.137. The lowest BCUT2D eigenvalue weighted by Gasteiger charge is -2.35. The molecule has 1 aliphatic rings. The summed E-state index contributed by atoms with van der Waals surface area (Å²) in [6.07, 6.45) is -3.64. The molecule has 1 fully saturated rings. The molecule has 148 valence electrons. The minimum absolute atomic E-state index is 0.000538. The average Bonchev–Trinajstić information content (AvgIpc) is 3.33. The quantitative estimate of drug-likeness (QED) is 0.620. The van der Waals surface area contributed by atoms with Crippen LogP contribution < -0.4 is 4.90 Å². The number of thiophene rings is 1. The predicted octanol–water partition coefficient (Wildman–Crippen LogP) is 4.19. The molecule has 28 heavy (non-hydrogen) atoms. The highest BCUT2D eigenvalue weighted by Crippen LogP contribution is 2.33. The second-order valence-electron chi connectivity index (χ2n) is 6.31. The smallest absolute Gasteiger partial charge is 0.353 e. The van der Waals surface area contributed by atoms with Crippen molar-refractivity contribution in [3.8, 4) is 11.4 Å². The van der Waals surface area contributed by atoms with Gasteiger partial charge in [0.15, 0.2) is 0 Å². The van der Waals surface area contributed by atoms with Gasteiger partial charge in [-0.05, 0) is 17.5 Å². The first-order valence-corrected chi connectivity index (χ1v) is 9.77. The highest BCUT2D eigenvalue weighted by atomic mass is 35.5. The summed E-state index contributed by atoms with van der Waals surface area (Å²) in [5.41, 5.74) is 0.0746. The van der Waals surface area contributed by atoms with Gasteiger partial charge in [-0.25, -0.2) is 4.98 Å². The fourth-order valence-corrected chi connectivity index (χ4v) is 3.88. The SMILES string of the molecule is FC(F)(F)c1cnc(N2CCN(Cc3nc(-c4ccsc4)no3)CC2)c(Cl)c1. The van der Waals surface area contributed by atoms with Crippen molar-refractivity contribution in [2.24, 2.45) is 0 Å². The normalized spacial score (nSPS) is 15.9. The third-order valence-corrected chi connectivity index (χ3v) is 5.39. The fraction of sp³-hybridized carbons (Fsp3) is 0.353. The van der Waals surface area contributed by atoms with E-state index in [1.165, 1.54) is 0 Å². The molecule has 0 radical (unpaired) electrons. The maximum absolute atomic E-state index is 12.8. The molecule has 0 aromatic carbocycles. The van der Waals surface area contributed by atoms with Gasteiger partial charge in [0.25, 0.3) is 0 Å². The molecule has 6 nitrogen and oxygen atoms in total. The first kappa shape index (κ1) is 19.2. The van der Waals surface area contributed by atoms with Crippen LogP contribution in [0.2, 0.25) is 5.02 Å². The molecule has 0 atom stereocenters. The van der Waals surface area contributed by atoms with Crippen LogP contribution >= 0.6 is 22.9 Å². The van der Waals surface area contributed by atoms with Crippen LogP contribution in [0.15, 0.2) is 33.6 Å². The van der Waals surface area contributed by atoms with Gasteiger partial charge < -0.3 is 9.42 Å². The van der Waals surface area contributed by atoms with E-state index in [0.717, 1.165) is 17.8 Å². The molecule has 0 amide bonds. The summed E-state index contributed by atoms with van der Waals surface area (Å²) >= 11 is 7.60. The van der Waals surface area contributed by atoms with Gasteiger partial charge in [0.1, 0.15) is 5.82 Å². The monoisotopic (exact) mass is 429 g/mol. The van der Waals surface area contributed by atoms with E-state index >= 15 is 0 Å². The van der Waals surface area contributed by atoms with Crippen LogP contribution in [0.1, 0.15) is 11.5 Å². The Morgan fingerprint density at radius 1 is 1.21 bits per heavy atom. The molecule has 0 saturated carbocycles. The Kier molecular flexibility index (Phi) is 5.26. The minimum Gasteiger partial charge on any atom is -0.353 e. The molecule has 1 aliphatic heterocycles. The second kappa shape index (κ2) is 7.69. The van der Waals surface area contributed by atoms with Gasteiger partial charge in [0, 0.05) is 43.3 Å². The van der Waals surface area contributed by atoms with Gasteiger partial charge >= 0.3 is 6.18 Å². The fourth-order valence-electron chi connectivity index (χ4n) is 2.96. The van der Waals surface area contributed by atoms with E-state index in [2.05, 4.69) is 20.0 Å². The number of pyridine rings is 1. The molecule has 3 aromatic heterocycles. The van der Waals surface area contributed by atoms with Crippen LogP contribution in [0.5, 0.6) is 0 Å². The number of hydrogen-bond acceptors (Lipinski definition) is 7. The molecule has 0 spiro atoms. The van der Waals surface area contributed by atoms with E-state index in [-0.39, 0.29) is 5.02 Å². The largest absolute Gasteiger partial charge is 0.417 e. The van der Waals surface area contributed by atoms with Crippen LogP contribution in [0, 0.1) is 0 Å². The topological polar surface area (TPSA) is 58.3 Å². The predicted molar refractivity (Wildman–Crippen MR) is 99.4 cm³/mol. The summed E-state index contributed by atoms with van der Waals surface area (Å²) in [6.45, 7) is 3.04. The van der Waals surface area contributed by atoms with Crippen LogP contribution in [0.25, 0.3) is 11.4 Å². The molecular formula is C17H15ClF3N5OS. The number of anilines is 1. The first-order chi connectivity index (χ1) is 13.4. The second-order valence-corrected chi connectivity index (χ2v) is 7.50. The summed E-state index contributed by atoms with van der Waals surface area (Å²) < 4.78 is 43.6. The summed E-state index contributed by atoms with van der Waals surface area (Å²) in [4.78, 5) is 12.3. The summed E-state index contributed by atoms with van der Waals surface area (Å²) in [7, 11) is 0. The molecule has 1 saturated heterocycles. The van der Waals surface area contributed by atoms with Gasteiger partial charge in [-0.15, -0.1) is 0 Å². The van der Waals surface area contributed by atoms with Crippen molar-refractivity contribution in [2.45, 2.75) is 12.7 Å². The maximum atomic E-state index is 12.8. The Morgan fingerprint density at radius 2 is 2.00 bits per heavy atom. The number of halogens is 4. The maximum Gasteiger partial charge on any atom is 0.417 e. The molecule has 0 bridgehead atoms. The zero-order valence-corrected chi connectivity index (χ0v) is 16.1. The molecule has 0 aliphatic carbocycles. The zero-order valence-electron chi connectivity index (χ0n) is 14.5. The van der Waals surface area contributed by atoms with Crippen molar-refractivity contribution in [1.82, 2.24) is 20.0 Å². The van der Waals surface area contributed by atoms with E-state index < -0.39 is 11.7 Å². The molecule has 4 heterocycles. The number of rotatable bonds is 4. The molecule has 0 unspecified atom stereocenters. The first-order valence-electron chi connectivity index (χ1n) is 8.45. The van der Waals surface area contributed by atoms with Crippen molar-refractivity contribution in [3.05, 3.63) is 45.6 Å². The average molecular weight is 430 g/mol. The standard InChI is InChI=1S/C17H15ClF3N5OS/c18-13-7-12(17(19,20)21)8-22-16(13)26-4-2-25(3-5-26)9-14-23-15(24-27-14)11-1-6-28-10-11/h1,6-8,10H,2-5,9H2. The van der Waals surface area contributed by atoms with E-state index in [1.807, 2.05) is 21.7 Å². The van der Waals surface area contributed by atoms with Crippen molar-refractivity contribution in [2.75, 3.05) is 31.1 Å². The van der Waals surface area contributed by atoms with Crippen molar-refractivity contribution in [1.29, 1.82) is 0 Å². The van der Waals surface area contributed by atoms with Crippen molar-refractivity contribution < 1.29 is 17.7 Å². The van der Waals surface area contributed by atoms with Crippen molar-refractivity contribution in [3.63, 3.8) is 0 Å². The van der Waals surface area contributed by atoms with Gasteiger partial charge in [-0.1, -0.05) is 16.8 Å². The third-order valence-electron chi connectivity index (χ3n) is 4.43. The molecule has 0 N–H and O–H groups in total. The lowest BCUT2D eigenvalue weighted by atomic mass is 10.2. The van der Waals surface area contributed by atoms with E-state index in [4.69, 9.17) is 16.1 Å². The number of aromatic nitrogens is 3. The van der Waals surface area contributed by atoms with Gasteiger partial charge in [0.2, 0.25) is 11.7 Å². The van der Waals surface area contributed by atoms with Gasteiger partial charge in [-0.3, -0.25) is 4.90 Å². The lowest BCUT2D eigenvalue weighted by Crippen LogP contribution is -2.46. The van der Waals surface area contributed by atoms with Crippen LogP contribution in [0.4, 0.5) is 19.0 Å². The van der Waals surface area contributed by atoms with Gasteiger partial charge in [-0.2, -0.15) is 29.5 Å². The van der Waals surface area contributed by atoms with Crippen LogP contribution in [-0.2, 0) is 12.7 Å². The van der Waals surface area contributed by atoms with E-state index in [1.54, 1.807) is 11.3 Å². The van der Waals surface area contributed by atoms with E-state index in [9.17, 15) is 13.2 Å². The number of piperazine rings is 1. The molecular weight excluding hydrogens is 415 g/mol. The van der Waals surface area contributed by atoms with Gasteiger partial charge in [0.05, 0.1) is 17.1 Å². The summed E-state index contributed by atoms with van der Waals surface area (Å²) in [5.74, 6) is 1.46. The van der Waals surface area contributed by atoms with Crippen LogP contribution in [0.3, 0.4) is 0 Å². The Morgan fingerprint density at radius 3 is 2.64 bits per heavy atom. The van der Waals surface area contributed by atoms with Crippen molar-refractivity contribution >= 4 is 28.8 Å². The minimum atomic E-state index is -4.46. The number of hydrogen-bond donors (Lipinski definition) is 0. The Labute approximate surface area is 167 Å². The molecule has 4 rings (SSSR count). The molecule has 11 heteroatoms.